The van der Waals surface area contributed by atoms with E-state index in [0.717, 1.165) is 6.20 Å². The third kappa shape index (κ3) is 3.85. The van der Waals surface area contributed by atoms with Crippen LogP contribution in [0, 0.1) is 5.41 Å². The van der Waals surface area contributed by atoms with Crippen molar-refractivity contribution in [1.82, 2.24) is 9.97 Å². The first-order chi connectivity index (χ1) is 6.68. The Kier molecular flexibility index (Phi) is 3.02. The Morgan fingerprint density at radius 3 is 2.27 bits per heavy atom. The summed E-state index contributed by atoms with van der Waals surface area (Å²) in [6.45, 7) is 5.84. The highest BCUT2D eigenvalue weighted by atomic mass is 19.4. The van der Waals surface area contributed by atoms with Crippen molar-refractivity contribution in [2.24, 2.45) is 5.41 Å². The van der Waals surface area contributed by atoms with Crippen molar-refractivity contribution < 1.29 is 13.2 Å². The maximum absolute atomic E-state index is 12.3. The van der Waals surface area contributed by atoms with Gasteiger partial charge in [-0.15, -0.1) is 0 Å². The highest BCUT2D eigenvalue weighted by molar-refractivity contribution is 5.06. The number of aromatic nitrogens is 2. The summed E-state index contributed by atoms with van der Waals surface area (Å²) in [5, 5.41) is 0. The zero-order valence-corrected chi connectivity index (χ0v) is 8.89. The third-order valence-electron chi connectivity index (χ3n) is 1.68. The van der Waals surface area contributed by atoms with Crippen molar-refractivity contribution in [1.29, 1.82) is 0 Å². The van der Waals surface area contributed by atoms with Crippen LogP contribution in [0.3, 0.4) is 0 Å². The minimum absolute atomic E-state index is 0.0861. The maximum atomic E-state index is 12.3. The van der Waals surface area contributed by atoms with Crippen molar-refractivity contribution in [3.05, 3.63) is 23.8 Å². The Morgan fingerprint density at radius 2 is 1.80 bits per heavy atom. The van der Waals surface area contributed by atoms with Gasteiger partial charge in [-0.05, 0) is 17.9 Å². The molecule has 0 aliphatic heterocycles. The quantitative estimate of drug-likeness (QED) is 0.723. The van der Waals surface area contributed by atoms with Crippen molar-refractivity contribution in [3.63, 3.8) is 0 Å². The molecule has 1 aromatic heterocycles. The Labute approximate surface area is 86.6 Å². The number of rotatable bonds is 1. The van der Waals surface area contributed by atoms with E-state index in [4.69, 9.17) is 0 Å². The van der Waals surface area contributed by atoms with E-state index in [1.807, 2.05) is 20.8 Å². The minimum Gasteiger partial charge on any atom is -0.233 e. The first-order valence-corrected chi connectivity index (χ1v) is 4.58. The van der Waals surface area contributed by atoms with E-state index in [2.05, 4.69) is 9.97 Å². The zero-order valence-electron chi connectivity index (χ0n) is 8.89. The SMILES string of the molecule is CC(C)(C)Cc1ccnc(C(F)(F)F)n1. The second-order valence-electron chi connectivity index (χ2n) is 4.61. The highest BCUT2D eigenvalue weighted by Crippen LogP contribution is 2.26. The summed E-state index contributed by atoms with van der Waals surface area (Å²) in [7, 11) is 0. The summed E-state index contributed by atoms with van der Waals surface area (Å²) in [5.74, 6) is -1.07. The number of nitrogens with zero attached hydrogens (tertiary/aromatic N) is 2. The van der Waals surface area contributed by atoms with Gasteiger partial charge in [0.05, 0.1) is 0 Å². The molecule has 0 spiro atoms. The molecule has 84 valence electrons. The summed E-state index contributed by atoms with van der Waals surface area (Å²) in [4.78, 5) is 6.70. The molecular weight excluding hydrogens is 205 g/mol. The largest absolute Gasteiger partial charge is 0.451 e. The predicted octanol–water partition coefficient (Wildman–Crippen LogP) is 3.08. The fourth-order valence-electron chi connectivity index (χ4n) is 1.17. The highest BCUT2D eigenvalue weighted by Gasteiger charge is 2.34. The van der Waals surface area contributed by atoms with Crippen molar-refractivity contribution in [2.75, 3.05) is 0 Å². The van der Waals surface area contributed by atoms with Crippen LogP contribution in [-0.4, -0.2) is 9.97 Å². The summed E-state index contributed by atoms with van der Waals surface area (Å²) in [5.41, 5.74) is 0.335. The molecule has 0 unspecified atom stereocenters. The summed E-state index contributed by atoms with van der Waals surface area (Å²) in [6.07, 6.45) is -2.82. The molecule has 0 saturated heterocycles. The molecule has 15 heavy (non-hydrogen) atoms. The van der Waals surface area contributed by atoms with Crippen LogP contribution in [0.5, 0.6) is 0 Å². The average molecular weight is 218 g/mol. The van der Waals surface area contributed by atoms with Crippen LogP contribution in [0.15, 0.2) is 12.3 Å². The molecule has 1 rings (SSSR count). The van der Waals surface area contributed by atoms with Gasteiger partial charge in [0, 0.05) is 11.9 Å². The molecule has 5 heteroatoms. The summed E-state index contributed by atoms with van der Waals surface area (Å²) in [6, 6.07) is 1.51. The number of alkyl halides is 3. The fourth-order valence-corrected chi connectivity index (χ4v) is 1.17. The van der Waals surface area contributed by atoms with Gasteiger partial charge >= 0.3 is 6.18 Å². The Morgan fingerprint density at radius 1 is 1.20 bits per heavy atom. The van der Waals surface area contributed by atoms with Crippen LogP contribution < -0.4 is 0 Å². The van der Waals surface area contributed by atoms with Crippen LogP contribution >= 0.6 is 0 Å². The van der Waals surface area contributed by atoms with Crippen molar-refractivity contribution >= 4 is 0 Å². The molecule has 1 aromatic rings. The maximum Gasteiger partial charge on any atom is 0.451 e. The van der Waals surface area contributed by atoms with Crippen LogP contribution in [0.4, 0.5) is 13.2 Å². The first kappa shape index (κ1) is 11.9. The Bertz CT molecular complexity index is 339. The van der Waals surface area contributed by atoms with Gasteiger partial charge in [-0.25, -0.2) is 9.97 Å². The van der Waals surface area contributed by atoms with Gasteiger partial charge in [-0.1, -0.05) is 20.8 Å². The van der Waals surface area contributed by atoms with Crippen molar-refractivity contribution in [3.8, 4) is 0 Å². The van der Waals surface area contributed by atoms with E-state index in [1.165, 1.54) is 6.07 Å². The molecule has 0 N–H and O–H groups in total. The molecule has 1 heterocycles. The van der Waals surface area contributed by atoms with E-state index >= 15 is 0 Å². The van der Waals surface area contributed by atoms with Gasteiger partial charge in [-0.3, -0.25) is 0 Å². The lowest BCUT2D eigenvalue weighted by molar-refractivity contribution is -0.145. The monoisotopic (exact) mass is 218 g/mol. The Balaban J connectivity index is 2.94. The lowest BCUT2D eigenvalue weighted by atomic mass is 9.90. The molecule has 0 radical (unpaired) electrons. The second-order valence-corrected chi connectivity index (χ2v) is 4.61. The van der Waals surface area contributed by atoms with Crippen LogP contribution in [0.25, 0.3) is 0 Å². The first-order valence-electron chi connectivity index (χ1n) is 4.58. The summed E-state index contributed by atoms with van der Waals surface area (Å²) >= 11 is 0. The molecular formula is C10H13F3N2. The molecule has 0 aliphatic carbocycles. The molecule has 0 amide bonds. The van der Waals surface area contributed by atoms with Gasteiger partial charge in [0.2, 0.25) is 5.82 Å². The molecule has 2 nitrogen and oxygen atoms in total. The molecule has 0 bridgehead atoms. The van der Waals surface area contributed by atoms with Gasteiger partial charge < -0.3 is 0 Å². The molecule has 0 atom stereocenters. The Hall–Kier alpha value is -1.13. The summed E-state index contributed by atoms with van der Waals surface area (Å²) < 4.78 is 36.8. The average Bonchev–Trinajstić information content (AvgIpc) is 1.99. The lowest BCUT2D eigenvalue weighted by Gasteiger charge is -2.17. The van der Waals surface area contributed by atoms with E-state index in [0.29, 0.717) is 12.1 Å². The molecule has 0 saturated carbocycles. The number of hydrogen-bond donors (Lipinski definition) is 0. The predicted molar refractivity (Wildman–Crippen MR) is 50.2 cm³/mol. The smallest absolute Gasteiger partial charge is 0.233 e. The molecule has 0 fully saturated rings. The van der Waals surface area contributed by atoms with Crippen LogP contribution in [0.1, 0.15) is 32.3 Å². The van der Waals surface area contributed by atoms with Gasteiger partial charge in [0.15, 0.2) is 0 Å². The van der Waals surface area contributed by atoms with Gasteiger partial charge in [-0.2, -0.15) is 13.2 Å². The van der Waals surface area contributed by atoms with E-state index < -0.39 is 12.0 Å². The van der Waals surface area contributed by atoms with E-state index in [-0.39, 0.29) is 5.41 Å². The standard InChI is InChI=1S/C10H13F3N2/c1-9(2,3)6-7-4-5-14-8(15-7)10(11,12)13/h4-5H,6H2,1-3H3. The fraction of sp³-hybridized carbons (Fsp3) is 0.600. The third-order valence-corrected chi connectivity index (χ3v) is 1.68. The zero-order chi connectivity index (χ0) is 11.7. The van der Waals surface area contributed by atoms with Crippen molar-refractivity contribution in [2.45, 2.75) is 33.4 Å². The van der Waals surface area contributed by atoms with Crippen LogP contribution in [-0.2, 0) is 12.6 Å². The minimum atomic E-state index is -4.46. The van der Waals surface area contributed by atoms with Gasteiger partial charge in [0.25, 0.3) is 0 Å². The molecule has 0 aliphatic rings. The number of hydrogen-bond acceptors (Lipinski definition) is 2. The normalized spacial score (nSPS) is 12.9. The van der Waals surface area contributed by atoms with Gasteiger partial charge in [0.1, 0.15) is 0 Å². The van der Waals surface area contributed by atoms with Crippen LogP contribution in [0.2, 0.25) is 0 Å². The van der Waals surface area contributed by atoms with E-state index in [9.17, 15) is 13.2 Å². The number of halogens is 3. The molecule has 0 aromatic carbocycles. The lowest BCUT2D eigenvalue weighted by Crippen LogP contribution is -2.15. The van der Waals surface area contributed by atoms with E-state index in [1.54, 1.807) is 0 Å². The topological polar surface area (TPSA) is 25.8 Å². The second kappa shape index (κ2) is 3.79.